The van der Waals surface area contributed by atoms with Gasteiger partial charge in [0.15, 0.2) is 0 Å². The predicted octanol–water partition coefficient (Wildman–Crippen LogP) is 2.47. The van der Waals surface area contributed by atoms with Gasteiger partial charge in [-0.2, -0.15) is 0 Å². The molecule has 0 aliphatic heterocycles. The minimum atomic E-state index is -0.0361. The lowest BCUT2D eigenvalue weighted by Crippen LogP contribution is -2.42. The molecule has 0 aromatic heterocycles. The summed E-state index contributed by atoms with van der Waals surface area (Å²) >= 11 is 6.24. The molecule has 0 bridgehead atoms. The van der Waals surface area contributed by atoms with Gasteiger partial charge in [-0.3, -0.25) is 4.79 Å². The monoisotopic (exact) mass is 247 g/mol. The molecule has 0 heterocycles. The van der Waals surface area contributed by atoms with Crippen molar-refractivity contribution in [1.29, 1.82) is 0 Å². The van der Waals surface area contributed by atoms with E-state index in [1.165, 1.54) is 12.8 Å². The van der Waals surface area contributed by atoms with Crippen molar-refractivity contribution in [2.75, 3.05) is 13.2 Å². The molecule has 0 spiro atoms. The van der Waals surface area contributed by atoms with E-state index < -0.39 is 0 Å². The lowest BCUT2D eigenvalue weighted by molar-refractivity contribution is -0.126. The first kappa shape index (κ1) is 13.8. The lowest BCUT2D eigenvalue weighted by Gasteiger charge is -2.21. The maximum atomic E-state index is 11.5. The van der Waals surface area contributed by atoms with Gasteiger partial charge in [0.1, 0.15) is 6.61 Å². The van der Waals surface area contributed by atoms with Gasteiger partial charge in [-0.15, -0.1) is 11.6 Å². The fourth-order valence-corrected chi connectivity index (χ4v) is 2.33. The van der Waals surface area contributed by atoms with Gasteiger partial charge in [0.05, 0.1) is 5.38 Å². The van der Waals surface area contributed by atoms with Crippen molar-refractivity contribution in [3.05, 3.63) is 0 Å². The Kier molecular flexibility index (Phi) is 6.81. The van der Waals surface area contributed by atoms with Crippen molar-refractivity contribution in [2.45, 2.75) is 56.9 Å². The molecule has 0 aromatic carbocycles. The summed E-state index contributed by atoms with van der Waals surface area (Å²) in [6, 6.07) is 0.127. The second-order valence-corrected chi connectivity index (χ2v) is 4.94. The average molecular weight is 248 g/mol. The number of ether oxygens (including phenoxy) is 1. The van der Waals surface area contributed by atoms with Crippen molar-refractivity contribution in [3.63, 3.8) is 0 Å². The van der Waals surface area contributed by atoms with Crippen LogP contribution in [-0.2, 0) is 9.53 Å². The van der Waals surface area contributed by atoms with Gasteiger partial charge in [-0.25, -0.2) is 0 Å². The highest BCUT2D eigenvalue weighted by Gasteiger charge is 2.22. The summed E-state index contributed by atoms with van der Waals surface area (Å²) in [7, 11) is 0. The van der Waals surface area contributed by atoms with E-state index in [1.807, 2.05) is 6.92 Å². The largest absolute Gasteiger partial charge is 0.372 e. The van der Waals surface area contributed by atoms with Crippen molar-refractivity contribution >= 4 is 17.5 Å². The van der Waals surface area contributed by atoms with Crippen LogP contribution in [0.15, 0.2) is 0 Å². The summed E-state index contributed by atoms with van der Waals surface area (Å²) in [5.74, 6) is -0.0361. The molecule has 94 valence electrons. The van der Waals surface area contributed by atoms with Gasteiger partial charge >= 0.3 is 0 Å². The van der Waals surface area contributed by atoms with Crippen LogP contribution >= 0.6 is 11.6 Å². The number of hydrogen-bond acceptors (Lipinski definition) is 2. The standard InChI is InChI=1S/C12H22ClNO2/c1-2-8-16-9-12(15)14-11-7-5-3-4-6-10(11)13/h10-11H,2-9H2,1H3,(H,14,15). The molecule has 0 radical (unpaired) electrons. The molecule has 2 unspecified atom stereocenters. The van der Waals surface area contributed by atoms with Crippen LogP contribution in [-0.4, -0.2) is 30.5 Å². The van der Waals surface area contributed by atoms with Crippen molar-refractivity contribution in [3.8, 4) is 0 Å². The number of carbonyl (C=O) groups is 1. The summed E-state index contributed by atoms with van der Waals surface area (Å²) in [4.78, 5) is 11.5. The van der Waals surface area contributed by atoms with Crippen molar-refractivity contribution < 1.29 is 9.53 Å². The zero-order chi connectivity index (χ0) is 11.8. The van der Waals surface area contributed by atoms with E-state index >= 15 is 0 Å². The average Bonchev–Trinajstić information content (AvgIpc) is 2.45. The number of rotatable bonds is 5. The van der Waals surface area contributed by atoms with E-state index in [4.69, 9.17) is 16.3 Å². The molecule has 16 heavy (non-hydrogen) atoms. The summed E-state index contributed by atoms with van der Waals surface area (Å²) in [5.41, 5.74) is 0. The molecular weight excluding hydrogens is 226 g/mol. The molecule has 1 saturated carbocycles. The Labute approximate surface area is 103 Å². The fourth-order valence-electron chi connectivity index (χ4n) is 1.98. The second-order valence-electron chi connectivity index (χ2n) is 4.38. The number of halogens is 1. The molecule has 0 aromatic rings. The lowest BCUT2D eigenvalue weighted by atomic mass is 10.1. The first-order valence-corrected chi connectivity index (χ1v) is 6.69. The van der Waals surface area contributed by atoms with Crippen LogP contribution in [0.4, 0.5) is 0 Å². The fraction of sp³-hybridized carbons (Fsp3) is 0.917. The van der Waals surface area contributed by atoms with Crippen LogP contribution in [0.3, 0.4) is 0 Å². The minimum Gasteiger partial charge on any atom is -0.372 e. The summed E-state index contributed by atoms with van der Waals surface area (Å²) in [6.07, 6.45) is 6.49. The first-order valence-electron chi connectivity index (χ1n) is 6.25. The van der Waals surface area contributed by atoms with Gasteiger partial charge in [0.25, 0.3) is 0 Å². The first-order chi connectivity index (χ1) is 7.74. The van der Waals surface area contributed by atoms with Crippen LogP contribution in [0.1, 0.15) is 45.4 Å². The Morgan fingerprint density at radius 3 is 2.88 bits per heavy atom. The Morgan fingerprint density at radius 2 is 2.12 bits per heavy atom. The predicted molar refractivity (Wildman–Crippen MR) is 65.8 cm³/mol. The van der Waals surface area contributed by atoms with Gasteiger partial charge in [0, 0.05) is 12.6 Å². The number of alkyl halides is 1. The van der Waals surface area contributed by atoms with E-state index in [9.17, 15) is 4.79 Å². The number of nitrogens with one attached hydrogen (secondary N) is 1. The second kappa shape index (κ2) is 7.91. The molecule has 1 aliphatic rings. The van der Waals surface area contributed by atoms with E-state index in [-0.39, 0.29) is 23.9 Å². The highest BCUT2D eigenvalue weighted by atomic mass is 35.5. The number of carbonyl (C=O) groups excluding carboxylic acids is 1. The highest BCUT2D eigenvalue weighted by molar-refractivity contribution is 6.21. The van der Waals surface area contributed by atoms with Crippen molar-refractivity contribution in [1.82, 2.24) is 5.32 Å². The SMILES string of the molecule is CCCOCC(=O)NC1CCCCCC1Cl. The molecule has 0 saturated heterocycles. The zero-order valence-corrected chi connectivity index (χ0v) is 10.8. The van der Waals surface area contributed by atoms with Crippen LogP contribution in [0.2, 0.25) is 0 Å². The third-order valence-electron chi connectivity index (χ3n) is 2.86. The maximum Gasteiger partial charge on any atom is 0.246 e. The molecule has 1 aliphatic carbocycles. The highest BCUT2D eigenvalue weighted by Crippen LogP contribution is 2.22. The number of amides is 1. The van der Waals surface area contributed by atoms with Gasteiger partial charge in [-0.1, -0.05) is 26.2 Å². The molecule has 3 nitrogen and oxygen atoms in total. The quantitative estimate of drug-likeness (QED) is 0.461. The van der Waals surface area contributed by atoms with Gasteiger partial charge in [-0.05, 0) is 19.3 Å². The molecule has 1 amide bonds. The van der Waals surface area contributed by atoms with E-state index in [2.05, 4.69) is 5.32 Å². The van der Waals surface area contributed by atoms with Gasteiger partial charge in [0.2, 0.25) is 5.91 Å². The van der Waals surface area contributed by atoms with E-state index in [1.54, 1.807) is 0 Å². The summed E-state index contributed by atoms with van der Waals surface area (Å²) in [6.45, 7) is 2.83. The number of hydrogen-bond donors (Lipinski definition) is 1. The molecule has 2 atom stereocenters. The third-order valence-corrected chi connectivity index (χ3v) is 3.38. The Bertz CT molecular complexity index is 211. The van der Waals surface area contributed by atoms with Crippen LogP contribution in [0, 0.1) is 0 Å². The maximum absolute atomic E-state index is 11.5. The topological polar surface area (TPSA) is 38.3 Å². The van der Waals surface area contributed by atoms with Crippen LogP contribution < -0.4 is 5.32 Å². The molecule has 1 fully saturated rings. The van der Waals surface area contributed by atoms with Crippen LogP contribution in [0.25, 0.3) is 0 Å². The third kappa shape index (κ3) is 5.17. The Morgan fingerprint density at radius 1 is 1.38 bits per heavy atom. The normalized spacial score (nSPS) is 26.1. The summed E-state index contributed by atoms with van der Waals surface area (Å²) < 4.78 is 5.20. The van der Waals surface area contributed by atoms with E-state index in [0.29, 0.717) is 6.61 Å². The Balaban J connectivity index is 2.25. The molecule has 1 rings (SSSR count). The van der Waals surface area contributed by atoms with Gasteiger partial charge < -0.3 is 10.1 Å². The molecular formula is C12H22ClNO2. The van der Waals surface area contributed by atoms with E-state index in [0.717, 1.165) is 25.7 Å². The van der Waals surface area contributed by atoms with Crippen LogP contribution in [0.5, 0.6) is 0 Å². The molecule has 4 heteroatoms. The molecule has 1 N–H and O–H groups in total. The Hall–Kier alpha value is -0.280. The van der Waals surface area contributed by atoms with Crippen molar-refractivity contribution in [2.24, 2.45) is 0 Å². The zero-order valence-electron chi connectivity index (χ0n) is 10.0. The minimum absolute atomic E-state index is 0.0361. The smallest absolute Gasteiger partial charge is 0.246 e. The summed E-state index contributed by atoms with van der Waals surface area (Å²) in [5, 5.41) is 3.05.